The SMILES string of the molecule is CC(C)CN(C(=O)c1nc2ccccc2n1CCC1CC1)[C@@H]1CNC[C@H](C(=O)N2CCOCC2)C1. The number of nitrogens with one attached hydrogen (secondary N) is 1. The average Bonchev–Trinajstić information content (AvgIpc) is 3.64. The fourth-order valence-electron chi connectivity index (χ4n) is 5.49. The summed E-state index contributed by atoms with van der Waals surface area (Å²) in [4.78, 5) is 36.1. The number of nitrogens with zero attached hydrogens (tertiary/aromatic N) is 4. The van der Waals surface area contributed by atoms with E-state index in [0.29, 0.717) is 64.1 Å². The van der Waals surface area contributed by atoms with E-state index in [9.17, 15) is 9.59 Å². The molecular formula is C27H39N5O3. The van der Waals surface area contributed by atoms with Crippen molar-refractivity contribution in [2.45, 2.75) is 52.1 Å². The predicted molar refractivity (Wildman–Crippen MR) is 135 cm³/mol. The van der Waals surface area contributed by atoms with Gasteiger partial charge in [-0.25, -0.2) is 4.98 Å². The van der Waals surface area contributed by atoms with Gasteiger partial charge in [-0.3, -0.25) is 9.59 Å². The second-order valence-corrected chi connectivity index (χ2v) is 10.8. The van der Waals surface area contributed by atoms with Crippen molar-refractivity contribution in [3.05, 3.63) is 30.1 Å². The van der Waals surface area contributed by atoms with Gasteiger partial charge in [0.05, 0.1) is 30.2 Å². The Kier molecular flexibility index (Phi) is 7.39. The molecule has 2 amide bonds. The molecule has 1 saturated carbocycles. The second-order valence-electron chi connectivity index (χ2n) is 10.8. The lowest BCUT2D eigenvalue weighted by Crippen LogP contribution is -2.56. The normalized spacial score (nSPS) is 23.1. The van der Waals surface area contributed by atoms with Crippen molar-refractivity contribution in [1.29, 1.82) is 0 Å². The van der Waals surface area contributed by atoms with E-state index < -0.39 is 0 Å². The number of imidazole rings is 1. The molecule has 1 aromatic heterocycles. The van der Waals surface area contributed by atoms with Crippen LogP contribution in [0.3, 0.4) is 0 Å². The Morgan fingerprint density at radius 1 is 1.17 bits per heavy atom. The van der Waals surface area contributed by atoms with E-state index in [2.05, 4.69) is 29.8 Å². The first kappa shape index (κ1) is 24.3. The number of fused-ring (bicyclic) bond motifs is 1. The molecule has 1 N–H and O–H groups in total. The minimum atomic E-state index is -0.122. The summed E-state index contributed by atoms with van der Waals surface area (Å²) < 4.78 is 7.56. The molecule has 3 aliphatic rings. The van der Waals surface area contributed by atoms with E-state index in [4.69, 9.17) is 9.72 Å². The van der Waals surface area contributed by atoms with E-state index in [1.807, 2.05) is 28.0 Å². The van der Waals surface area contributed by atoms with Crippen LogP contribution in [0.15, 0.2) is 24.3 Å². The third-order valence-electron chi connectivity index (χ3n) is 7.57. The van der Waals surface area contributed by atoms with E-state index in [0.717, 1.165) is 29.9 Å². The van der Waals surface area contributed by atoms with Gasteiger partial charge >= 0.3 is 0 Å². The van der Waals surface area contributed by atoms with Crippen molar-refractivity contribution >= 4 is 22.8 Å². The fraction of sp³-hybridized carbons (Fsp3) is 0.667. The molecular weight excluding hydrogens is 442 g/mol. The first-order chi connectivity index (χ1) is 17.0. The zero-order chi connectivity index (χ0) is 24.4. The number of hydrogen-bond donors (Lipinski definition) is 1. The van der Waals surface area contributed by atoms with Crippen molar-refractivity contribution in [1.82, 2.24) is 24.7 Å². The summed E-state index contributed by atoms with van der Waals surface area (Å²) in [6, 6.07) is 8.02. The van der Waals surface area contributed by atoms with Gasteiger partial charge < -0.3 is 24.4 Å². The van der Waals surface area contributed by atoms with E-state index in [-0.39, 0.29) is 23.8 Å². The van der Waals surface area contributed by atoms with Crippen LogP contribution in [-0.4, -0.2) is 83.1 Å². The molecule has 3 fully saturated rings. The number of aryl methyl sites for hydroxylation is 1. The van der Waals surface area contributed by atoms with Gasteiger partial charge in [0.1, 0.15) is 0 Å². The molecule has 190 valence electrons. The molecule has 0 unspecified atom stereocenters. The summed E-state index contributed by atoms with van der Waals surface area (Å²) in [5, 5.41) is 3.45. The zero-order valence-corrected chi connectivity index (χ0v) is 21.1. The molecule has 2 atom stereocenters. The monoisotopic (exact) mass is 481 g/mol. The molecule has 1 aromatic carbocycles. The second kappa shape index (κ2) is 10.7. The number of carbonyl (C=O) groups is 2. The maximum absolute atomic E-state index is 14.1. The van der Waals surface area contributed by atoms with Gasteiger partial charge in [-0.05, 0) is 36.8 Å². The lowest BCUT2D eigenvalue weighted by atomic mass is 9.92. The summed E-state index contributed by atoms with van der Waals surface area (Å²) in [6.07, 6.45) is 4.36. The molecule has 2 aliphatic heterocycles. The number of aromatic nitrogens is 2. The van der Waals surface area contributed by atoms with Gasteiger partial charge in [-0.2, -0.15) is 0 Å². The van der Waals surface area contributed by atoms with Crippen LogP contribution < -0.4 is 5.32 Å². The fourth-order valence-corrected chi connectivity index (χ4v) is 5.49. The van der Waals surface area contributed by atoms with Gasteiger partial charge in [-0.15, -0.1) is 0 Å². The molecule has 0 bridgehead atoms. The first-order valence-electron chi connectivity index (χ1n) is 13.3. The number of hydrogen-bond acceptors (Lipinski definition) is 5. The number of carbonyl (C=O) groups excluding carboxylic acids is 2. The third-order valence-corrected chi connectivity index (χ3v) is 7.57. The number of piperidine rings is 1. The molecule has 35 heavy (non-hydrogen) atoms. The maximum atomic E-state index is 14.1. The Bertz CT molecular complexity index is 1040. The largest absolute Gasteiger partial charge is 0.378 e. The van der Waals surface area contributed by atoms with Crippen LogP contribution in [-0.2, 0) is 16.1 Å². The highest BCUT2D eigenvalue weighted by molar-refractivity contribution is 5.95. The van der Waals surface area contributed by atoms with Crippen LogP contribution in [0, 0.1) is 17.8 Å². The summed E-state index contributed by atoms with van der Waals surface area (Å²) in [6.45, 7) is 9.63. The van der Waals surface area contributed by atoms with Crippen molar-refractivity contribution in [2.75, 3.05) is 45.9 Å². The Morgan fingerprint density at radius 3 is 2.69 bits per heavy atom. The minimum Gasteiger partial charge on any atom is -0.378 e. The molecule has 2 saturated heterocycles. The summed E-state index contributed by atoms with van der Waals surface area (Å²) >= 11 is 0. The number of rotatable bonds is 8. The smallest absolute Gasteiger partial charge is 0.290 e. The Morgan fingerprint density at radius 2 is 1.94 bits per heavy atom. The lowest BCUT2D eigenvalue weighted by Gasteiger charge is -2.40. The van der Waals surface area contributed by atoms with Gasteiger partial charge in [0.2, 0.25) is 5.91 Å². The molecule has 8 nitrogen and oxygen atoms in total. The molecule has 3 heterocycles. The molecule has 8 heteroatoms. The molecule has 5 rings (SSSR count). The van der Waals surface area contributed by atoms with Crippen LogP contribution in [0.2, 0.25) is 0 Å². The number of amides is 2. The van der Waals surface area contributed by atoms with Crippen molar-refractivity contribution in [3.63, 3.8) is 0 Å². The number of ether oxygens (including phenoxy) is 1. The first-order valence-corrected chi connectivity index (χ1v) is 13.3. The third kappa shape index (κ3) is 5.54. The van der Waals surface area contributed by atoms with E-state index in [1.165, 1.54) is 12.8 Å². The molecule has 2 aromatic rings. The molecule has 0 spiro atoms. The van der Waals surface area contributed by atoms with Crippen molar-refractivity contribution in [2.24, 2.45) is 17.8 Å². The van der Waals surface area contributed by atoms with Crippen LogP contribution in [0.25, 0.3) is 11.0 Å². The molecule has 1 aliphatic carbocycles. The highest BCUT2D eigenvalue weighted by atomic mass is 16.5. The lowest BCUT2D eigenvalue weighted by molar-refractivity contribution is -0.140. The van der Waals surface area contributed by atoms with Crippen molar-refractivity contribution < 1.29 is 14.3 Å². The van der Waals surface area contributed by atoms with Crippen LogP contribution in [0.1, 0.15) is 50.1 Å². The number of para-hydroxylation sites is 2. The molecule has 0 radical (unpaired) electrons. The van der Waals surface area contributed by atoms with E-state index >= 15 is 0 Å². The summed E-state index contributed by atoms with van der Waals surface area (Å²) in [5.74, 6) is 1.67. The topological polar surface area (TPSA) is 79.7 Å². The quantitative estimate of drug-likeness (QED) is 0.627. The van der Waals surface area contributed by atoms with Crippen LogP contribution in [0.5, 0.6) is 0 Å². The zero-order valence-electron chi connectivity index (χ0n) is 21.1. The average molecular weight is 482 g/mol. The summed E-state index contributed by atoms with van der Waals surface area (Å²) in [7, 11) is 0. The Hall–Kier alpha value is -2.45. The number of morpholine rings is 1. The Balaban J connectivity index is 1.39. The van der Waals surface area contributed by atoms with E-state index in [1.54, 1.807) is 0 Å². The number of benzene rings is 1. The maximum Gasteiger partial charge on any atom is 0.290 e. The highest BCUT2D eigenvalue weighted by Gasteiger charge is 2.37. The Labute approximate surface area is 208 Å². The van der Waals surface area contributed by atoms with Crippen LogP contribution in [0.4, 0.5) is 0 Å². The van der Waals surface area contributed by atoms with Gasteiger partial charge in [0.15, 0.2) is 5.82 Å². The van der Waals surface area contributed by atoms with Crippen LogP contribution >= 0.6 is 0 Å². The highest BCUT2D eigenvalue weighted by Crippen LogP contribution is 2.33. The predicted octanol–water partition coefficient (Wildman–Crippen LogP) is 2.77. The minimum absolute atomic E-state index is 0.0167. The van der Waals surface area contributed by atoms with Crippen molar-refractivity contribution in [3.8, 4) is 0 Å². The summed E-state index contributed by atoms with van der Waals surface area (Å²) in [5.41, 5.74) is 1.90. The van der Waals surface area contributed by atoms with Gasteiger partial charge in [0.25, 0.3) is 5.91 Å². The standard InChI is InChI=1S/C27H39N5O3/c1-19(2)18-32(22-15-21(16-28-17-22)26(33)30-11-13-35-14-12-30)27(34)25-29-23-5-3-4-6-24(23)31(25)10-9-20-7-8-20/h3-6,19-22,28H,7-18H2,1-2H3/t21-,22+/m1/s1. The van der Waals surface area contributed by atoms with Gasteiger partial charge in [0, 0.05) is 45.3 Å². The van der Waals surface area contributed by atoms with Gasteiger partial charge in [-0.1, -0.05) is 38.8 Å².